The number of rotatable bonds is 6. The first-order chi connectivity index (χ1) is 13.5. The molecule has 12 nitrogen and oxygen atoms in total. The highest BCUT2D eigenvalue weighted by atomic mass is 79.9. The van der Waals surface area contributed by atoms with E-state index in [0.29, 0.717) is 32.3 Å². The molecular formula is C15H16BrN7O5. The van der Waals surface area contributed by atoms with Crippen molar-refractivity contribution in [3.8, 4) is 11.8 Å². The number of hydrazone groups is 1. The molecule has 0 unspecified atom stereocenters. The van der Waals surface area contributed by atoms with Gasteiger partial charge in [-0.05, 0) is 15.9 Å². The van der Waals surface area contributed by atoms with E-state index in [2.05, 4.69) is 41.4 Å². The fourth-order valence-corrected chi connectivity index (χ4v) is 2.82. The lowest BCUT2D eigenvalue weighted by atomic mass is 10.2. The van der Waals surface area contributed by atoms with E-state index in [-0.39, 0.29) is 33.4 Å². The van der Waals surface area contributed by atoms with E-state index in [0.717, 1.165) is 0 Å². The number of aromatic nitrogens is 3. The maximum atomic E-state index is 11.0. The number of nitro benzene ring substituents is 1. The van der Waals surface area contributed by atoms with Crippen molar-refractivity contribution < 1.29 is 19.5 Å². The highest BCUT2D eigenvalue weighted by molar-refractivity contribution is 9.10. The zero-order valence-electron chi connectivity index (χ0n) is 14.7. The molecule has 2 N–H and O–H groups in total. The number of methoxy groups -OCH3 is 1. The Morgan fingerprint density at radius 3 is 2.82 bits per heavy atom. The van der Waals surface area contributed by atoms with Crippen LogP contribution in [0.1, 0.15) is 5.56 Å². The second-order valence-corrected chi connectivity index (χ2v) is 6.39. The third kappa shape index (κ3) is 4.61. The molecule has 0 aliphatic carbocycles. The Morgan fingerprint density at radius 1 is 1.39 bits per heavy atom. The molecule has 0 saturated carbocycles. The van der Waals surface area contributed by atoms with Crippen molar-refractivity contribution >= 4 is 39.7 Å². The molecular weight excluding hydrogens is 438 g/mol. The van der Waals surface area contributed by atoms with E-state index >= 15 is 0 Å². The Balaban J connectivity index is 1.81. The van der Waals surface area contributed by atoms with Crippen molar-refractivity contribution in [3.63, 3.8) is 0 Å². The monoisotopic (exact) mass is 453 g/mol. The van der Waals surface area contributed by atoms with Crippen molar-refractivity contribution in [2.45, 2.75) is 0 Å². The van der Waals surface area contributed by atoms with Gasteiger partial charge in [0.05, 0.1) is 35.9 Å². The largest absolute Gasteiger partial charge is 0.506 e. The minimum absolute atomic E-state index is 0.107. The summed E-state index contributed by atoms with van der Waals surface area (Å²) in [4.78, 5) is 24.9. The number of anilines is 2. The summed E-state index contributed by atoms with van der Waals surface area (Å²) in [5.74, 6) is 0.348. The van der Waals surface area contributed by atoms with Gasteiger partial charge in [0, 0.05) is 30.8 Å². The second kappa shape index (κ2) is 8.75. The van der Waals surface area contributed by atoms with Crippen LogP contribution in [-0.2, 0) is 4.74 Å². The normalized spacial score (nSPS) is 14.3. The third-order valence-electron chi connectivity index (χ3n) is 3.74. The summed E-state index contributed by atoms with van der Waals surface area (Å²) in [7, 11) is 1.43. The zero-order valence-corrected chi connectivity index (χ0v) is 16.3. The van der Waals surface area contributed by atoms with Crippen molar-refractivity contribution in [1.29, 1.82) is 0 Å². The number of nitro groups is 1. The fraction of sp³-hybridized carbons (Fsp3) is 0.333. The summed E-state index contributed by atoms with van der Waals surface area (Å²) in [6.45, 7) is 2.39. The summed E-state index contributed by atoms with van der Waals surface area (Å²) in [6, 6.07) is 2.50. The highest BCUT2D eigenvalue weighted by Crippen LogP contribution is 2.31. The number of hydrogen-bond acceptors (Lipinski definition) is 11. The highest BCUT2D eigenvalue weighted by Gasteiger charge is 2.17. The van der Waals surface area contributed by atoms with Crippen LogP contribution in [0.5, 0.6) is 11.8 Å². The number of benzene rings is 1. The van der Waals surface area contributed by atoms with Crippen LogP contribution in [0, 0.1) is 10.1 Å². The second-order valence-electron chi connectivity index (χ2n) is 5.54. The molecule has 1 fully saturated rings. The van der Waals surface area contributed by atoms with Crippen LogP contribution in [0.3, 0.4) is 0 Å². The Hall–Kier alpha value is -3.06. The molecule has 0 spiro atoms. The zero-order chi connectivity index (χ0) is 20.1. The first-order valence-electron chi connectivity index (χ1n) is 8.06. The van der Waals surface area contributed by atoms with Gasteiger partial charge >= 0.3 is 6.01 Å². The van der Waals surface area contributed by atoms with Gasteiger partial charge in [-0.1, -0.05) is 0 Å². The molecule has 1 aliphatic heterocycles. The molecule has 28 heavy (non-hydrogen) atoms. The number of phenolic OH excluding ortho intramolecular Hbond substituents is 1. The molecule has 0 bridgehead atoms. The van der Waals surface area contributed by atoms with E-state index in [1.165, 1.54) is 25.5 Å². The molecule has 0 radical (unpaired) electrons. The predicted octanol–water partition coefficient (Wildman–Crippen LogP) is 1.54. The average Bonchev–Trinajstić information content (AvgIpc) is 2.71. The van der Waals surface area contributed by atoms with Crippen LogP contribution in [0.4, 0.5) is 17.6 Å². The van der Waals surface area contributed by atoms with Crippen molar-refractivity contribution in [2.75, 3.05) is 43.7 Å². The SMILES string of the molecule is COc1nc(N/N=C\c2cc([N+](=O)[O-])cc(Br)c2O)nc(N2CCOCC2)n1. The Morgan fingerprint density at radius 2 is 2.14 bits per heavy atom. The van der Waals surface area contributed by atoms with Gasteiger partial charge in [0.15, 0.2) is 0 Å². The first kappa shape index (κ1) is 19.7. The molecule has 1 saturated heterocycles. The third-order valence-corrected chi connectivity index (χ3v) is 4.34. The van der Waals surface area contributed by atoms with E-state index in [1.54, 1.807) is 0 Å². The van der Waals surface area contributed by atoms with Crippen LogP contribution < -0.4 is 15.1 Å². The van der Waals surface area contributed by atoms with Crippen molar-refractivity contribution in [3.05, 3.63) is 32.3 Å². The molecule has 2 aromatic rings. The van der Waals surface area contributed by atoms with E-state index in [9.17, 15) is 15.2 Å². The number of hydrogen-bond donors (Lipinski definition) is 2. The lowest BCUT2D eigenvalue weighted by Gasteiger charge is -2.26. The van der Waals surface area contributed by atoms with Gasteiger partial charge in [-0.3, -0.25) is 10.1 Å². The van der Waals surface area contributed by atoms with E-state index in [1.807, 2.05) is 4.90 Å². The summed E-state index contributed by atoms with van der Waals surface area (Å²) >= 11 is 3.07. The molecule has 1 aromatic carbocycles. The number of phenols is 1. The number of aromatic hydroxyl groups is 1. The Bertz CT molecular complexity index is 905. The molecule has 2 heterocycles. The van der Waals surface area contributed by atoms with Gasteiger partial charge in [0.1, 0.15) is 5.75 Å². The molecule has 148 valence electrons. The number of ether oxygens (including phenoxy) is 2. The lowest BCUT2D eigenvalue weighted by Crippen LogP contribution is -2.37. The van der Waals surface area contributed by atoms with Gasteiger partial charge in [-0.15, -0.1) is 0 Å². The van der Waals surface area contributed by atoms with Gasteiger partial charge < -0.3 is 19.5 Å². The maximum Gasteiger partial charge on any atom is 0.322 e. The molecule has 3 rings (SSSR count). The van der Waals surface area contributed by atoms with Crippen LogP contribution in [0.25, 0.3) is 0 Å². The number of nitrogens with one attached hydrogen (secondary N) is 1. The van der Waals surface area contributed by atoms with Crippen molar-refractivity contribution in [2.24, 2.45) is 5.10 Å². The average molecular weight is 454 g/mol. The molecule has 1 aliphatic rings. The number of morpholine rings is 1. The molecule has 0 amide bonds. The van der Waals surface area contributed by atoms with Gasteiger partial charge in [-0.25, -0.2) is 5.43 Å². The lowest BCUT2D eigenvalue weighted by molar-refractivity contribution is -0.385. The predicted molar refractivity (Wildman–Crippen MR) is 103 cm³/mol. The maximum absolute atomic E-state index is 11.0. The summed E-state index contributed by atoms with van der Waals surface area (Å²) < 4.78 is 10.6. The van der Waals surface area contributed by atoms with E-state index < -0.39 is 4.92 Å². The van der Waals surface area contributed by atoms with Gasteiger partial charge in [0.2, 0.25) is 5.95 Å². The van der Waals surface area contributed by atoms with Crippen LogP contribution >= 0.6 is 15.9 Å². The van der Waals surface area contributed by atoms with Crippen LogP contribution in [0.15, 0.2) is 21.7 Å². The topological polar surface area (TPSA) is 148 Å². The fourth-order valence-electron chi connectivity index (χ4n) is 2.36. The Labute approximate surface area is 167 Å². The molecule has 0 atom stereocenters. The number of nitrogens with zero attached hydrogens (tertiary/aromatic N) is 6. The summed E-state index contributed by atoms with van der Waals surface area (Å²) in [6.07, 6.45) is 1.22. The quantitative estimate of drug-likeness (QED) is 0.374. The number of halogens is 1. The van der Waals surface area contributed by atoms with Crippen molar-refractivity contribution in [1.82, 2.24) is 15.0 Å². The van der Waals surface area contributed by atoms with Gasteiger partial charge in [0.25, 0.3) is 11.6 Å². The first-order valence-corrected chi connectivity index (χ1v) is 8.86. The minimum atomic E-state index is -0.569. The summed E-state index contributed by atoms with van der Waals surface area (Å²) in [5.41, 5.74) is 2.57. The molecule has 13 heteroatoms. The molecule has 1 aromatic heterocycles. The standard InChI is InChI=1S/C15H16BrN7O5/c1-27-15-19-13(18-14(20-15)22-2-4-28-5-3-22)21-17-8-9-6-10(23(25)26)7-11(16)12(9)24/h6-8,24H,2-5H2,1H3,(H,18,19,20,21)/b17-8-. The van der Waals surface area contributed by atoms with Crippen LogP contribution in [0.2, 0.25) is 0 Å². The van der Waals surface area contributed by atoms with Crippen LogP contribution in [-0.4, -0.2) is 64.6 Å². The smallest absolute Gasteiger partial charge is 0.322 e. The Kier molecular flexibility index (Phi) is 6.16. The summed E-state index contributed by atoms with van der Waals surface area (Å²) in [5, 5.41) is 24.9. The number of non-ortho nitro benzene ring substituents is 1. The van der Waals surface area contributed by atoms with Gasteiger partial charge in [-0.2, -0.15) is 20.1 Å². The van der Waals surface area contributed by atoms with E-state index in [4.69, 9.17) is 9.47 Å². The minimum Gasteiger partial charge on any atom is -0.506 e.